The Morgan fingerprint density at radius 2 is 2.18 bits per heavy atom. The van der Waals surface area contributed by atoms with Gasteiger partial charge >= 0.3 is 0 Å². The number of carbonyl (C=O) groups excluding carboxylic acids is 1. The Kier molecular flexibility index (Phi) is 4.48. The second kappa shape index (κ2) is 5.47. The van der Waals surface area contributed by atoms with Crippen LogP contribution in [0.3, 0.4) is 0 Å². The third kappa shape index (κ3) is 4.32. The Balaban J connectivity index is 2.46. The van der Waals surface area contributed by atoms with E-state index in [9.17, 15) is 14.3 Å². The van der Waals surface area contributed by atoms with Gasteiger partial charge < -0.3 is 10.4 Å². The van der Waals surface area contributed by atoms with Gasteiger partial charge in [0, 0.05) is 6.54 Å². The van der Waals surface area contributed by atoms with Crippen molar-refractivity contribution < 1.29 is 14.3 Å². The molecule has 1 aromatic carbocycles. The van der Waals surface area contributed by atoms with E-state index in [1.807, 2.05) is 0 Å². The van der Waals surface area contributed by atoms with E-state index in [0.717, 1.165) is 5.56 Å². The van der Waals surface area contributed by atoms with Gasteiger partial charge in [0.2, 0.25) is 0 Å². The zero-order valence-corrected chi connectivity index (χ0v) is 10.5. The first kappa shape index (κ1) is 13.9. The fourth-order valence-electron chi connectivity index (χ4n) is 1.23. The Labute approximate surface area is 105 Å². The van der Waals surface area contributed by atoms with Gasteiger partial charge in [-0.15, -0.1) is 0 Å². The molecule has 0 spiro atoms. The van der Waals surface area contributed by atoms with Crippen molar-refractivity contribution in [3.05, 3.63) is 34.6 Å². The van der Waals surface area contributed by atoms with Gasteiger partial charge in [-0.25, -0.2) is 4.39 Å². The highest BCUT2D eigenvalue weighted by Crippen LogP contribution is 2.16. The largest absolute Gasteiger partial charge is 0.381 e. The molecule has 0 saturated heterocycles. The molecular formula is C12H15ClFNO2. The first-order chi connectivity index (χ1) is 7.80. The monoisotopic (exact) mass is 259 g/mol. The highest BCUT2D eigenvalue weighted by Gasteiger charge is 2.22. The van der Waals surface area contributed by atoms with E-state index in [0.29, 0.717) is 13.0 Å². The molecule has 94 valence electrons. The van der Waals surface area contributed by atoms with Crippen molar-refractivity contribution in [3.63, 3.8) is 0 Å². The van der Waals surface area contributed by atoms with E-state index in [2.05, 4.69) is 5.32 Å². The molecule has 0 bridgehead atoms. The number of hydrogen-bond donors (Lipinski definition) is 2. The Morgan fingerprint density at radius 1 is 1.53 bits per heavy atom. The van der Waals surface area contributed by atoms with Gasteiger partial charge in [0.25, 0.3) is 5.91 Å². The third-order valence-electron chi connectivity index (χ3n) is 2.24. The van der Waals surface area contributed by atoms with Crippen molar-refractivity contribution in [3.8, 4) is 0 Å². The molecule has 1 rings (SSSR count). The lowest BCUT2D eigenvalue weighted by molar-refractivity contribution is -0.136. The number of rotatable bonds is 4. The molecule has 1 aromatic rings. The van der Waals surface area contributed by atoms with Crippen LogP contribution in [0, 0.1) is 5.82 Å². The van der Waals surface area contributed by atoms with E-state index in [-0.39, 0.29) is 5.02 Å². The summed E-state index contributed by atoms with van der Waals surface area (Å²) in [5.74, 6) is -0.901. The number of hydrogen-bond acceptors (Lipinski definition) is 2. The van der Waals surface area contributed by atoms with Crippen LogP contribution in [0.4, 0.5) is 4.39 Å². The van der Waals surface area contributed by atoms with Crippen molar-refractivity contribution >= 4 is 17.5 Å². The summed E-state index contributed by atoms with van der Waals surface area (Å²) in [5, 5.41) is 12.0. The predicted octanol–water partition coefficient (Wildman–Crippen LogP) is 1.91. The predicted molar refractivity (Wildman–Crippen MR) is 64.4 cm³/mol. The highest BCUT2D eigenvalue weighted by molar-refractivity contribution is 6.30. The van der Waals surface area contributed by atoms with E-state index >= 15 is 0 Å². The minimum absolute atomic E-state index is 0.0660. The lowest BCUT2D eigenvalue weighted by Gasteiger charge is -2.16. The molecule has 0 heterocycles. The summed E-state index contributed by atoms with van der Waals surface area (Å²) >= 11 is 5.63. The number of benzene rings is 1. The van der Waals surface area contributed by atoms with Crippen LogP contribution in [-0.2, 0) is 11.2 Å². The van der Waals surface area contributed by atoms with Gasteiger partial charge in [-0.2, -0.15) is 0 Å². The summed E-state index contributed by atoms with van der Waals surface area (Å²) < 4.78 is 12.9. The fourth-order valence-corrected chi connectivity index (χ4v) is 1.43. The molecule has 0 aromatic heterocycles. The lowest BCUT2D eigenvalue weighted by Crippen LogP contribution is -2.42. The van der Waals surface area contributed by atoms with Gasteiger partial charge in [0.05, 0.1) is 5.02 Å². The fraction of sp³-hybridized carbons (Fsp3) is 0.417. The van der Waals surface area contributed by atoms with E-state index < -0.39 is 17.3 Å². The summed E-state index contributed by atoms with van der Waals surface area (Å²) in [7, 11) is 0. The quantitative estimate of drug-likeness (QED) is 0.868. The molecule has 1 amide bonds. The zero-order chi connectivity index (χ0) is 13.1. The average Bonchev–Trinajstić information content (AvgIpc) is 2.22. The molecule has 0 radical (unpaired) electrons. The van der Waals surface area contributed by atoms with Crippen LogP contribution in [0.2, 0.25) is 5.02 Å². The molecule has 0 aliphatic carbocycles. The van der Waals surface area contributed by atoms with Crippen molar-refractivity contribution in [1.82, 2.24) is 5.32 Å². The molecular weight excluding hydrogens is 245 g/mol. The van der Waals surface area contributed by atoms with Crippen molar-refractivity contribution in [2.45, 2.75) is 25.9 Å². The smallest absolute Gasteiger partial charge is 0.251 e. The molecule has 5 heteroatoms. The summed E-state index contributed by atoms with van der Waals surface area (Å²) in [5.41, 5.74) is -0.562. The first-order valence-electron chi connectivity index (χ1n) is 5.25. The Bertz CT molecular complexity index is 415. The Hall–Kier alpha value is -1.13. The van der Waals surface area contributed by atoms with E-state index in [1.54, 1.807) is 6.07 Å². The Morgan fingerprint density at radius 3 is 2.71 bits per heavy atom. The number of aliphatic hydroxyl groups is 1. The lowest BCUT2D eigenvalue weighted by atomic mass is 10.1. The maximum absolute atomic E-state index is 12.9. The van der Waals surface area contributed by atoms with Crippen LogP contribution >= 0.6 is 11.6 Å². The second-order valence-corrected chi connectivity index (χ2v) is 4.72. The van der Waals surface area contributed by atoms with Crippen molar-refractivity contribution in [1.29, 1.82) is 0 Å². The number of amides is 1. The van der Waals surface area contributed by atoms with Crippen molar-refractivity contribution in [2.24, 2.45) is 0 Å². The third-order valence-corrected chi connectivity index (χ3v) is 2.53. The summed E-state index contributed by atoms with van der Waals surface area (Å²) in [6.45, 7) is 3.19. The summed E-state index contributed by atoms with van der Waals surface area (Å²) in [6.07, 6.45) is 0.530. The normalized spacial score (nSPS) is 11.4. The van der Waals surface area contributed by atoms with Gasteiger partial charge in [-0.1, -0.05) is 17.7 Å². The number of nitrogens with one attached hydrogen (secondary N) is 1. The number of halogens is 2. The molecule has 17 heavy (non-hydrogen) atoms. The standard InChI is InChI=1S/C12H15ClFNO2/c1-12(2,17)11(16)15-6-5-8-3-4-10(14)9(13)7-8/h3-4,7,17H,5-6H2,1-2H3,(H,15,16). The van der Waals surface area contributed by atoms with Crippen LogP contribution in [0.15, 0.2) is 18.2 Å². The van der Waals surface area contributed by atoms with Crippen LogP contribution in [0.1, 0.15) is 19.4 Å². The molecule has 0 aliphatic heterocycles. The van der Waals surface area contributed by atoms with Gasteiger partial charge in [-0.05, 0) is 38.0 Å². The maximum Gasteiger partial charge on any atom is 0.251 e. The van der Waals surface area contributed by atoms with Crippen molar-refractivity contribution in [2.75, 3.05) is 6.54 Å². The van der Waals surface area contributed by atoms with Crippen LogP contribution < -0.4 is 5.32 Å². The van der Waals surface area contributed by atoms with Gasteiger partial charge in [0.15, 0.2) is 0 Å². The molecule has 2 N–H and O–H groups in total. The van der Waals surface area contributed by atoms with Crippen LogP contribution in [0.5, 0.6) is 0 Å². The molecule has 0 unspecified atom stereocenters. The van der Waals surface area contributed by atoms with Crippen LogP contribution in [0.25, 0.3) is 0 Å². The first-order valence-corrected chi connectivity index (χ1v) is 5.63. The molecule has 3 nitrogen and oxygen atoms in total. The molecule has 0 saturated carbocycles. The SMILES string of the molecule is CC(C)(O)C(=O)NCCc1ccc(F)c(Cl)c1. The topological polar surface area (TPSA) is 49.3 Å². The minimum Gasteiger partial charge on any atom is -0.381 e. The van der Waals surface area contributed by atoms with E-state index in [1.165, 1.54) is 26.0 Å². The highest BCUT2D eigenvalue weighted by atomic mass is 35.5. The second-order valence-electron chi connectivity index (χ2n) is 4.31. The number of carbonyl (C=O) groups is 1. The van der Waals surface area contributed by atoms with E-state index in [4.69, 9.17) is 11.6 Å². The van der Waals surface area contributed by atoms with Gasteiger partial charge in [0.1, 0.15) is 11.4 Å². The molecule has 0 atom stereocenters. The molecule has 0 aliphatic rings. The average molecular weight is 260 g/mol. The minimum atomic E-state index is -1.39. The summed E-state index contributed by atoms with van der Waals surface area (Å²) in [4.78, 5) is 11.3. The zero-order valence-electron chi connectivity index (χ0n) is 9.76. The maximum atomic E-state index is 12.9. The van der Waals surface area contributed by atoms with Crippen LogP contribution in [-0.4, -0.2) is 23.2 Å². The van der Waals surface area contributed by atoms with Gasteiger partial charge in [-0.3, -0.25) is 4.79 Å². The molecule has 0 fully saturated rings. The summed E-state index contributed by atoms with van der Waals surface area (Å²) in [6, 6.07) is 4.42.